The van der Waals surface area contributed by atoms with Crippen molar-refractivity contribution < 1.29 is 27.5 Å². The van der Waals surface area contributed by atoms with Gasteiger partial charge in [-0.3, -0.25) is 0 Å². The molecular weight excluding hydrogens is 350 g/mol. The molecule has 1 aromatic rings. The van der Waals surface area contributed by atoms with E-state index in [1.807, 2.05) is 19.9 Å². The van der Waals surface area contributed by atoms with E-state index >= 15 is 0 Å². The molecule has 1 aliphatic rings. The van der Waals surface area contributed by atoms with E-state index in [2.05, 4.69) is 4.72 Å². The molecule has 0 saturated heterocycles. The summed E-state index contributed by atoms with van der Waals surface area (Å²) in [7, 11) is -2.93. The van der Waals surface area contributed by atoms with Gasteiger partial charge in [0.05, 0.1) is 0 Å². The van der Waals surface area contributed by atoms with Crippen LogP contribution in [0.1, 0.15) is 26.3 Å². The first-order chi connectivity index (χ1) is 11.5. The van der Waals surface area contributed by atoms with E-state index in [-0.39, 0.29) is 12.3 Å². The third-order valence-electron chi connectivity index (χ3n) is 3.39. The first-order valence-electron chi connectivity index (χ1n) is 7.62. The Morgan fingerprint density at radius 3 is 2.68 bits per heavy atom. The van der Waals surface area contributed by atoms with Crippen LogP contribution < -0.4 is 18.9 Å². The van der Waals surface area contributed by atoms with Crippen molar-refractivity contribution in [1.82, 2.24) is 14.3 Å². The number of imide groups is 1. The van der Waals surface area contributed by atoms with Crippen molar-refractivity contribution in [3.05, 3.63) is 23.8 Å². The van der Waals surface area contributed by atoms with Crippen LogP contribution in [-0.2, 0) is 16.6 Å². The van der Waals surface area contributed by atoms with Gasteiger partial charge in [0.15, 0.2) is 11.5 Å². The molecule has 3 amide bonds. The van der Waals surface area contributed by atoms with Crippen LogP contribution in [0.25, 0.3) is 0 Å². The molecule has 0 atom stereocenters. The molecule has 0 fully saturated rings. The minimum absolute atomic E-state index is 0.0973. The van der Waals surface area contributed by atoms with Crippen LogP contribution >= 0.6 is 0 Å². The summed E-state index contributed by atoms with van der Waals surface area (Å²) in [6, 6.07) is 3.97. The number of urea groups is 1. The van der Waals surface area contributed by atoms with E-state index in [9.17, 15) is 18.0 Å². The van der Waals surface area contributed by atoms with E-state index in [0.29, 0.717) is 17.1 Å². The number of nitrogens with one attached hydrogen (secondary N) is 2. The van der Waals surface area contributed by atoms with Gasteiger partial charge < -0.3 is 9.47 Å². The molecule has 1 aromatic carbocycles. The summed E-state index contributed by atoms with van der Waals surface area (Å²) in [6.45, 7) is 5.47. The Kier molecular flexibility index (Phi) is 5.23. The lowest BCUT2D eigenvalue weighted by Gasteiger charge is -2.19. The molecule has 1 aliphatic heterocycles. The normalized spacial score (nSPS) is 15.0. The maximum atomic E-state index is 12.1. The lowest BCUT2D eigenvalue weighted by molar-refractivity contribution is 0.129. The van der Waals surface area contributed by atoms with Crippen LogP contribution in [0.4, 0.5) is 9.59 Å². The molecule has 10 heteroatoms. The fourth-order valence-corrected chi connectivity index (χ4v) is 3.14. The lowest BCUT2D eigenvalue weighted by Crippen LogP contribution is -2.48. The van der Waals surface area contributed by atoms with Crippen LogP contribution in [0.5, 0.6) is 11.5 Å². The average molecular weight is 371 g/mol. The standard InChI is InChI=1S/C15H21N3O6S/c1-5-16-25(21,22)17-13(19)18(4)14(20)23-11-8-6-7-10-9-15(2,3)24-12(10)11/h6-8,16H,5,9H2,1-4H3,(H,17,19). The summed E-state index contributed by atoms with van der Waals surface area (Å²) in [5.41, 5.74) is 0.464. The maximum Gasteiger partial charge on any atom is 0.423 e. The van der Waals surface area contributed by atoms with Gasteiger partial charge in [0.1, 0.15) is 5.60 Å². The molecule has 0 bridgehead atoms. The van der Waals surface area contributed by atoms with Gasteiger partial charge in [-0.2, -0.15) is 13.1 Å². The Morgan fingerprint density at radius 2 is 2.04 bits per heavy atom. The molecule has 25 heavy (non-hydrogen) atoms. The van der Waals surface area contributed by atoms with E-state index in [0.717, 1.165) is 12.6 Å². The van der Waals surface area contributed by atoms with E-state index in [1.165, 1.54) is 0 Å². The fraction of sp³-hybridized carbons (Fsp3) is 0.467. The van der Waals surface area contributed by atoms with Gasteiger partial charge in [0, 0.05) is 25.6 Å². The number of hydrogen-bond acceptors (Lipinski definition) is 6. The van der Waals surface area contributed by atoms with Gasteiger partial charge in [-0.15, -0.1) is 0 Å². The number of hydrogen-bond donors (Lipinski definition) is 2. The summed E-state index contributed by atoms with van der Waals surface area (Å²) in [5, 5.41) is 0. The minimum atomic E-state index is -4.03. The number of para-hydroxylation sites is 1. The largest absolute Gasteiger partial charge is 0.483 e. The maximum absolute atomic E-state index is 12.1. The van der Waals surface area contributed by atoms with Gasteiger partial charge in [-0.05, 0) is 19.9 Å². The molecule has 0 unspecified atom stereocenters. The summed E-state index contributed by atoms with van der Waals surface area (Å²) in [5.74, 6) is 0.609. The van der Waals surface area contributed by atoms with Gasteiger partial charge >= 0.3 is 22.3 Å². The quantitative estimate of drug-likeness (QED) is 0.827. The van der Waals surface area contributed by atoms with Crippen LogP contribution in [0, 0.1) is 0 Å². The third-order valence-corrected chi connectivity index (χ3v) is 4.50. The molecule has 2 rings (SSSR count). The molecule has 0 spiro atoms. The van der Waals surface area contributed by atoms with Crippen molar-refractivity contribution in [2.75, 3.05) is 13.6 Å². The Labute approximate surface area is 146 Å². The fourth-order valence-electron chi connectivity index (χ4n) is 2.32. The Hall–Kier alpha value is -2.33. The molecule has 0 saturated carbocycles. The van der Waals surface area contributed by atoms with Crippen molar-refractivity contribution in [3.63, 3.8) is 0 Å². The van der Waals surface area contributed by atoms with Crippen LogP contribution in [0.15, 0.2) is 18.2 Å². The summed E-state index contributed by atoms with van der Waals surface area (Å²) < 4.78 is 37.8. The van der Waals surface area contributed by atoms with Crippen molar-refractivity contribution in [3.8, 4) is 11.5 Å². The van der Waals surface area contributed by atoms with Crippen molar-refractivity contribution in [2.45, 2.75) is 32.8 Å². The van der Waals surface area contributed by atoms with Gasteiger partial charge in [0.2, 0.25) is 0 Å². The number of benzene rings is 1. The van der Waals surface area contributed by atoms with E-state index in [1.54, 1.807) is 23.8 Å². The minimum Gasteiger partial charge on any atom is -0.483 e. The van der Waals surface area contributed by atoms with E-state index < -0.39 is 27.9 Å². The van der Waals surface area contributed by atoms with Crippen LogP contribution in [0.2, 0.25) is 0 Å². The lowest BCUT2D eigenvalue weighted by atomic mass is 10.0. The number of ether oxygens (including phenoxy) is 2. The number of amides is 3. The second-order valence-electron chi connectivity index (χ2n) is 6.12. The Morgan fingerprint density at radius 1 is 1.36 bits per heavy atom. The summed E-state index contributed by atoms with van der Waals surface area (Å²) >= 11 is 0. The van der Waals surface area contributed by atoms with E-state index in [4.69, 9.17) is 9.47 Å². The topological polar surface area (TPSA) is 114 Å². The van der Waals surface area contributed by atoms with Gasteiger partial charge in [-0.25, -0.2) is 19.2 Å². The molecule has 138 valence electrons. The highest BCUT2D eigenvalue weighted by atomic mass is 32.2. The van der Waals surface area contributed by atoms with Gasteiger partial charge in [-0.1, -0.05) is 19.1 Å². The zero-order valence-corrected chi connectivity index (χ0v) is 15.3. The van der Waals surface area contributed by atoms with Gasteiger partial charge in [0.25, 0.3) is 0 Å². The highest BCUT2D eigenvalue weighted by Crippen LogP contribution is 2.41. The second kappa shape index (κ2) is 6.89. The number of carbonyl (C=O) groups is 2. The van der Waals surface area contributed by atoms with Crippen molar-refractivity contribution >= 4 is 22.3 Å². The smallest absolute Gasteiger partial charge is 0.423 e. The average Bonchev–Trinajstić information content (AvgIpc) is 2.80. The summed E-state index contributed by atoms with van der Waals surface area (Å²) in [4.78, 5) is 24.5. The molecule has 0 radical (unpaired) electrons. The first kappa shape index (κ1) is 19.0. The highest BCUT2D eigenvalue weighted by molar-refractivity contribution is 7.88. The number of rotatable bonds is 4. The molecule has 2 N–H and O–H groups in total. The zero-order chi connectivity index (χ0) is 18.8. The van der Waals surface area contributed by atoms with Crippen molar-refractivity contribution in [2.24, 2.45) is 0 Å². The monoisotopic (exact) mass is 371 g/mol. The molecular formula is C15H21N3O6S. The third kappa shape index (κ3) is 4.60. The Bertz CT molecular complexity index is 790. The predicted molar refractivity (Wildman–Crippen MR) is 89.8 cm³/mol. The molecule has 1 heterocycles. The molecule has 9 nitrogen and oxygen atoms in total. The van der Waals surface area contributed by atoms with Crippen LogP contribution in [-0.4, -0.2) is 44.6 Å². The van der Waals surface area contributed by atoms with Crippen LogP contribution in [0.3, 0.4) is 0 Å². The number of carbonyl (C=O) groups excluding carboxylic acids is 2. The highest BCUT2D eigenvalue weighted by Gasteiger charge is 2.33. The second-order valence-corrected chi connectivity index (χ2v) is 7.62. The summed E-state index contributed by atoms with van der Waals surface area (Å²) in [6.07, 6.45) is -0.378. The molecule has 0 aromatic heterocycles. The SMILES string of the molecule is CCNS(=O)(=O)NC(=O)N(C)C(=O)Oc1cccc2c1OC(C)(C)C2. The number of fused-ring (bicyclic) bond motifs is 1. The predicted octanol–water partition coefficient (Wildman–Crippen LogP) is 1.39. The number of nitrogens with zero attached hydrogens (tertiary/aromatic N) is 1. The first-order valence-corrected chi connectivity index (χ1v) is 9.11. The Balaban J connectivity index is 2.08. The molecule has 0 aliphatic carbocycles. The zero-order valence-electron chi connectivity index (χ0n) is 14.5. The van der Waals surface area contributed by atoms with Crippen molar-refractivity contribution in [1.29, 1.82) is 0 Å².